The number of aromatic nitrogens is 3. The van der Waals surface area contributed by atoms with E-state index in [0.29, 0.717) is 34.7 Å². The summed E-state index contributed by atoms with van der Waals surface area (Å²) in [6.07, 6.45) is 1.52. The van der Waals surface area contributed by atoms with Gasteiger partial charge in [0.1, 0.15) is 5.82 Å². The molecular weight excluding hydrogens is 399 g/mol. The Hall–Kier alpha value is -3.98. The molecule has 5 N–H and O–H groups in total. The van der Waals surface area contributed by atoms with Gasteiger partial charge in [0.25, 0.3) is 0 Å². The average Bonchev–Trinajstić information content (AvgIpc) is 3.15. The largest absolute Gasteiger partial charge is 0.491 e. The highest BCUT2D eigenvalue weighted by Gasteiger charge is 2.19. The number of carbonyl (C=O) groups excluding carboxylic acids is 1. The molecule has 0 fully saturated rings. The van der Waals surface area contributed by atoms with Gasteiger partial charge in [0.15, 0.2) is 11.6 Å². The van der Waals surface area contributed by atoms with Crippen LogP contribution in [0.3, 0.4) is 0 Å². The summed E-state index contributed by atoms with van der Waals surface area (Å²) in [6.45, 7) is 0.640. The highest BCUT2D eigenvalue weighted by atomic mass is 19.1. The summed E-state index contributed by atoms with van der Waals surface area (Å²) in [4.78, 5) is 20.8. The molecule has 0 atom stereocenters. The van der Waals surface area contributed by atoms with Crippen LogP contribution < -0.4 is 21.5 Å². The first-order valence-electron chi connectivity index (χ1n) is 9.54. The number of nitrogens with one attached hydrogen (secondary N) is 1. The summed E-state index contributed by atoms with van der Waals surface area (Å²) >= 11 is 0. The molecule has 0 unspecified atom stereocenters. The maximum Gasteiger partial charge on any atom is 0.249 e. The van der Waals surface area contributed by atoms with Crippen molar-refractivity contribution in [1.29, 1.82) is 0 Å². The van der Waals surface area contributed by atoms with Crippen LogP contribution in [0, 0.1) is 5.82 Å². The molecule has 0 radical (unpaired) electrons. The van der Waals surface area contributed by atoms with E-state index >= 15 is 0 Å². The Labute approximate surface area is 177 Å². The van der Waals surface area contributed by atoms with Crippen LogP contribution >= 0.6 is 0 Å². The highest BCUT2D eigenvalue weighted by Crippen LogP contribution is 2.29. The number of methoxy groups -OCH3 is 1. The third-order valence-electron chi connectivity index (χ3n) is 4.90. The number of nitrogens with zero attached hydrogens (tertiary/aromatic N) is 3. The zero-order chi connectivity index (χ0) is 22.0. The maximum absolute atomic E-state index is 14.2. The smallest absolute Gasteiger partial charge is 0.249 e. The van der Waals surface area contributed by atoms with Crippen molar-refractivity contribution in [3.63, 3.8) is 0 Å². The standard InChI is InChI=1S/C22H21FN6O2/c1-31-19-12-27-22(28-21(19)26-11-13-5-3-2-4-6-13)29-15(10-24)9-16-17(20(25)30)7-14(23)8-18(16)29/h2-9,12H,10-11,24H2,1H3,(H2,25,30)(H,26,27,28). The van der Waals surface area contributed by atoms with Crippen molar-refractivity contribution in [1.82, 2.24) is 14.5 Å². The predicted molar refractivity (Wildman–Crippen MR) is 116 cm³/mol. The highest BCUT2D eigenvalue weighted by molar-refractivity contribution is 6.06. The fraction of sp³-hybridized carbons (Fsp3) is 0.136. The third kappa shape index (κ3) is 3.90. The summed E-state index contributed by atoms with van der Waals surface area (Å²) in [6, 6.07) is 13.9. The molecule has 0 bridgehead atoms. The molecule has 4 aromatic rings. The number of benzene rings is 2. The number of carbonyl (C=O) groups is 1. The molecule has 0 spiro atoms. The van der Waals surface area contributed by atoms with E-state index in [1.165, 1.54) is 19.4 Å². The van der Waals surface area contributed by atoms with Gasteiger partial charge in [-0.05, 0) is 23.8 Å². The van der Waals surface area contributed by atoms with Gasteiger partial charge in [-0.3, -0.25) is 9.36 Å². The number of fused-ring (bicyclic) bond motifs is 1. The van der Waals surface area contributed by atoms with Gasteiger partial charge >= 0.3 is 0 Å². The topological polar surface area (TPSA) is 121 Å². The average molecular weight is 420 g/mol. The Kier molecular flexibility index (Phi) is 5.50. The van der Waals surface area contributed by atoms with Crippen molar-refractivity contribution < 1.29 is 13.9 Å². The molecule has 1 amide bonds. The van der Waals surface area contributed by atoms with E-state index in [1.54, 1.807) is 10.6 Å². The van der Waals surface area contributed by atoms with Gasteiger partial charge in [0.05, 0.1) is 24.4 Å². The first-order valence-corrected chi connectivity index (χ1v) is 9.54. The number of ether oxygens (including phenoxy) is 1. The van der Waals surface area contributed by atoms with Crippen LogP contribution in [0.25, 0.3) is 16.9 Å². The lowest BCUT2D eigenvalue weighted by Gasteiger charge is -2.14. The summed E-state index contributed by atoms with van der Waals surface area (Å²) in [5.74, 6) is -0.152. The molecule has 9 heteroatoms. The van der Waals surface area contributed by atoms with Gasteiger partial charge in [-0.25, -0.2) is 9.37 Å². The molecule has 4 rings (SSSR count). The Morgan fingerprint density at radius 2 is 2.00 bits per heavy atom. The van der Waals surface area contributed by atoms with E-state index in [2.05, 4.69) is 15.3 Å². The summed E-state index contributed by atoms with van der Waals surface area (Å²) in [5, 5.41) is 3.72. The number of nitrogens with two attached hydrogens (primary N) is 2. The van der Waals surface area contributed by atoms with Crippen molar-refractivity contribution in [2.75, 3.05) is 12.4 Å². The molecule has 0 aliphatic heterocycles. The molecule has 0 saturated carbocycles. The first kappa shape index (κ1) is 20.3. The number of anilines is 1. The molecule has 0 aliphatic rings. The molecule has 2 aromatic heterocycles. The summed E-state index contributed by atoms with van der Waals surface area (Å²) in [5.41, 5.74) is 13.5. The minimum atomic E-state index is -0.730. The van der Waals surface area contributed by atoms with Gasteiger partial charge in [0, 0.05) is 24.2 Å². The Balaban J connectivity index is 1.83. The number of hydrogen-bond donors (Lipinski definition) is 3. The number of hydrogen-bond acceptors (Lipinski definition) is 6. The Bertz CT molecular complexity index is 1260. The summed E-state index contributed by atoms with van der Waals surface area (Å²) < 4.78 is 21.2. The van der Waals surface area contributed by atoms with Gasteiger partial charge in [-0.2, -0.15) is 4.98 Å². The second-order valence-electron chi connectivity index (χ2n) is 6.85. The molecule has 0 aliphatic carbocycles. The van der Waals surface area contributed by atoms with Crippen LogP contribution in [-0.4, -0.2) is 27.6 Å². The number of rotatable bonds is 7. The van der Waals surface area contributed by atoms with Crippen LogP contribution in [0.2, 0.25) is 0 Å². The van der Waals surface area contributed by atoms with Crippen LogP contribution in [-0.2, 0) is 13.1 Å². The Morgan fingerprint density at radius 1 is 1.23 bits per heavy atom. The second kappa shape index (κ2) is 8.41. The predicted octanol–water partition coefficient (Wildman–Crippen LogP) is 2.74. The van der Waals surface area contributed by atoms with Crippen LogP contribution in [0.1, 0.15) is 21.6 Å². The van der Waals surface area contributed by atoms with Crippen molar-refractivity contribution in [2.24, 2.45) is 11.5 Å². The molecule has 8 nitrogen and oxygen atoms in total. The number of halogens is 1. The lowest BCUT2D eigenvalue weighted by Crippen LogP contribution is -2.12. The normalized spacial score (nSPS) is 10.9. The zero-order valence-corrected chi connectivity index (χ0v) is 16.8. The van der Waals surface area contributed by atoms with Gasteiger partial charge < -0.3 is 21.5 Å². The Morgan fingerprint density at radius 3 is 2.68 bits per heavy atom. The number of primary amides is 1. The van der Waals surface area contributed by atoms with Gasteiger partial charge in [-0.15, -0.1) is 0 Å². The number of amides is 1. The van der Waals surface area contributed by atoms with E-state index in [0.717, 1.165) is 11.6 Å². The van der Waals surface area contributed by atoms with Crippen molar-refractivity contribution in [2.45, 2.75) is 13.1 Å². The molecular formula is C22H21FN6O2. The van der Waals surface area contributed by atoms with Crippen LogP contribution in [0.15, 0.2) is 54.7 Å². The quantitative estimate of drug-likeness (QED) is 0.423. The van der Waals surface area contributed by atoms with E-state index in [1.807, 2.05) is 30.3 Å². The fourth-order valence-electron chi connectivity index (χ4n) is 3.44. The maximum atomic E-state index is 14.2. The van der Waals surface area contributed by atoms with Gasteiger partial charge in [0.2, 0.25) is 11.9 Å². The molecule has 158 valence electrons. The lowest BCUT2D eigenvalue weighted by molar-refractivity contribution is 0.100. The van der Waals surface area contributed by atoms with Crippen LogP contribution in [0.4, 0.5) is 10.2 Å². The molecule has 31 heavy (non-hydrogen) atoms. The lowest BCUT2D eigenvalue weighted by atomic mass is 10.1. The SMILES string of the molecule is COc1cnc(-n2c(CN)cc3c(C(N)=O)cc(F)cc32)nc1NCc1ccccc1. The van der Waals surface area contributed by atoms with Gasteiger partial charge in [-0.1, -0.05) is 30.3 Å². The monoisotopic (exact) mass is 420 g/mol. The zero-order valence-electron chi connectivity index (χ0n) is 16.8. The van der Waals surface area contributed by atoms with Crippen molar-refractivity contribution >= 4 is 22.6 Å². The van der Waals surface area contributed by atoms with E-state index in [-0.39, 0.29) is 18.1 Å². The third-order valence-corrected chi connectivity index (χ3v) is 4.90. The molecule has 0 saturated heterocycles. The van der Waals surface area contributed by atoms with Crippen LogP contribution in [0.5, 0.6) is 5.75 Å². The van der Waals surface area contributed by atoms with E-state index in [4.69, 9.17) is 16.2 Å². The van der Waals surface area contributed by atoms with Crippen molar-refractivity contribution in [3.8, 4) is 11.7 Å². The summed E-state index contributed by atoms with van der Waals surface area (Å²) in [7, 11) is 1.52. The fourth-order valence-corrected chi connectivity index (χ4v) is 3.44. The molecule has 2 heterocycles. The second-order valence-corrected chi connectivity index (χ2v) is 6.85. The molecule has 2 aromatic carbocycles. The minimum absolute atomic E-state index is 0.0689. The first-order chi connectivity index (χ1) is 15.0. The van der Waals surface area contributed by atoms with E-state index in [9.17, 15) is 9.18 Å². The van der Waals surface area contributed by atoms with E-state index < -0.39 is 11.7 Å². The minimum Gasteiger partial charge on any atom is -0.491 e. The van der Waals surface area contributed by atoms with Crippen molar-refractivity contribution in [3.05, 3.63) is 77.4 Å².